The number of nitrogens with zero attached hydrogens (tertiary/aromatic N) is 4. The first-order valence-corrected chi connectivity index (χ1v) is 8.59. The highest BCUT2D eigenvalue weighted by Crippen LogP contribution is 2.26. The van der Waals surface area contributed by atoms with E-state index in [0.717, 1.165) is 45.1 Å². The monoisotopic (exact) mass is 344 g/mol. The summed E-state index contributed by atoms with van der Waals surface area (Å²) in [4.78, 5) is 4.27. The number of aromatic nitrogens is 4. The molecule has 4 rings (SSSR count). The Morgan fingerprint density at radius 1 is 0.962 bits per heavy atom. The fraction of sp³-hybridized carbons (Fsp3) is 0.190. The Morgan fingerprint density at radius 2 is 1.77 bits per heavy atom. The summed E-state index contributed by atoms with van der Waals surface area (Å²) in [7, 11) is 0. The molecule has 5 heteroatoms. The molecule has 3 heterocycles. The van der Waals surface area contributed by atoms with E-state index in [1.807, 2.05) is 50.0 Å². The number of rotatable bonds is 4. The lowest BCUT2D eigenvalue weighted by Crippen LogP contribution is -2.02. The maximum absolute atomic E-state index is 5.24. The molecule has 0 aliphatic heterocycles. The van der Waals surface area contributed by atoms with Gasteiger partial charge in [0.1, 0.15) is 5.76 Å². The van der Waals surface area contributed by atoms with Gasteiger partial charge in [-0.2, -0.15) is 5.10 Å². The summed E-state index contributed by atoms with van der Waals surface area (Å²) in [6.45, 7) is 6.55. The second kappa shape index (κ2) is 6.59. The SMILES string of the molecule is Cc1cc(-c2cccc(-c3ccn(Cc4c(C)noc4C)n3)c2)ccn1. The quantitative estimate of drug-likeness (QED) is 0.544. The van der Waals surface area contributed by atoms with Gasteiger partial charge in [0.25, 0.3) is 0 Å². The van der Waals surface area contributed by atoms with Gasteiger partial charge in [-0.25, -0.2) is 0 Å². The molecule has 0 radical (unpaired) electrons. The van der Waals surface area contributed by atoms with E-state index in [1.54, 1.807) is 0 Å². The van der Waals surface area contributed by atoms with Crippen LogP contribution in [0.2, 0.25) is 0 Å². The lowest BCUT2D eigenvalue weighted by molar-refractivity contribution is 0.391. The number of pyridine rings is 1. The summed E-state index contributed by atoms with van der Waals surface area (Å²) in [5, 5.41) is 8.73. The van der Waals surface area contributed by atoms with Crippen molar-refractivity contribution in [1.82, 2.24) is 19.9 Å². The smallest absolute Gasteiger partial charge is 0.138 e. The van der Waals surface area contributed by atoms with Crippen LogP contribution in [0.1, 0.15) is 22.7 Å². The van der Waals surface area contributed by atoms with Crippen molar-refractivity contribution >= 4 is 0 Å². The molecular weight excluding hydrogens is 324 g/mol. The first kappa shape index (κ1) is 16.3. The van der Waals surface area contributed by atoms with E-state index in [2.05, 4.69) is 40.5 Å². The molecule has 0 unspecified atom stereocenters. The first-order chi connectivity index (χ1) is 12.6. The van der Waals surface area contributed by atoms with E-state index < -0.39 is 0 Å². The number of benzene rings is 1. The highest BCUT2D eigenvalue weighted by atomic mass is 16.5. The Balaban J connectivity index is 1.63. The van der Waals surface area contributed by atoms with Crippen molar-refractivity contribution in [1.29, 1.82) is 0 Å². The molecule has 0 spiro atoms. The molecule has 0 amide bonds. The van der Waals surface area contributed by atoms with Gasteiger partial charge in [-0.3, -0.25) is 9.67 Å². The molecule has 0 aliphatic carbocycles. The van der Waals surface area contributed by atoms with Crippen molar-refractivity contribution in [2.75, 3.05) is 0 Å². The molecule has 0 N–H and O–H groups in total. The number of aryl methyl sites for hydroxylation is 3. The largest absolute Gasteiger partial charge is 0.361 e. The third-order valence-corrected chi connectivity index (χ3v) is 4.53. The molecule has 0 aliphatic rings. The molecule has 4 aromatic rings. The zero-order chi connectivity index (χ0) is 18.1. The van der Waals surface area contributed by atoms with E-state index in [-0.39, 0.29) is 0 Å². The highest BCUT2D eigenvalue weighted by molar-refractivity contribution is 5.71. The van der Waals surface area contributed by atoms with Crippen LogP contribution >= 0.6 is 0 Å². The van der Waals surface area contributed by atoms with Gasteiger partial charge in [-0.15, -0.1) is 0 Å². The maximum atomic E-state index is 5.24. The van der Waals surface area contributed by atoms with E-state index >= 15 is 0 Å². The van der Waals surface area contributed by atoms with Crippen LogP contribution < -0.4 is 0 Å². The average Bonchev–Trinajstić information content (AvgIpc) is 3.24. The summed E-state index contributed by atoms with van der Waals surface area (Å²) in [6.07, 6.45) is 3.83. The summed E-state index contributed by atoms with van der Waals surface area (Å²) in [6, 6.07) is 14.6. The maximum Gasteiger partial charge on any atom is 0.138 e. The van der Waals surface area contributed by atoms with Gasteiger partial charge in [0.05, 0.1) is 17.9 Å². The Bertz CT molecular complexity index is 1040. The predicted octanol–water partition coefficient (Wildman–Crippen LogP) is 4.57. The van der Waals surface area contributed by atoms with Crippen LogP contribution in [0.5, 0.6) is 0 Å². The topological polar surface area (TPSA) is 56.7 Å². The van der Waals surface area contributed by atoms with E-state index in [4.69, 9.17) is 9.62 Å². The fourth-order valence-corrected chi connectivity index (χ4v) is 3.08. The van der Waals surface area contributed by atoms with Gasteiger partial charge in [0.2, 0.25) is 0 Å². The van der Waals surface area contributed by atoms with Crippen molar-refractivity contribution < 1.29 is 4.52 Å². The van der Waals surface area contributed by atoms with Crippen LogP contribution in [0.3, 0.4) is 0 Å². The van der Waals surface area contributed by atoms with Crippen molar-refractivity contribution in [2.45, 2.75) is 27.3 Å². The number of hydrogen-bond acceptors (Lipinski definition) is 4. The molecule has 1 aromatic carbocycles. The van der Waals surface area contributed by atoms with Gasteiger partial charge >= 0.3 is 0 Å². The van der Waals surface area contributed by atoms with Crippen LogP contribution in [0.25, 0.3) is 22.4 Å². The molecule has 0 atom stereocenters. The Kier molecular flexibility index (Phi) is 4.13. The van der Waals surface area contributed by atoms with Crippen molar-refractivity contribution in [3.05, 3.63) is 77.6 Å². The van der Waals surface area contributed by atoms with Gasteiger partial charge in [-0.05, 0) is 56.2 Å². The summed E-state index contributed by atoms with van der Waals surface area (Å²) >= 11 is 0. The van der Waals surface area contributed by atoms with Crippen molar-refractivity contribution in [3.8, 4) is 22.4 Å². The zero-order valence-electron chi connectivity index (χ0n) is 15.1. The number of hydrogen-bond donors (Lipinski definition) is 0. The van der Waals surface area contributed by atoms with E-state index in [0.29, 0.717) is 6.54 Å². The highest BCUT2D eigenvalue weighted by Gasteiger charge is 2.11. The summed E-state index contributed by atoms with van der Waals surface area (Å²) in [5.41, 5.74) is 7.37. The Morgan fingerprint density at radius 3 is 2.54 bits per heavy atom. The lowest BCUT2D eigenvalue weighted by Gasteiger charge is -2.05. The Hall–Kier alpha value is -3.21. The molecular formula is C21H20N4O. The molecule has 0 bridgehead atoms. The lowest BCUT2D eigenvalue weighted by atomic mass is 10.0. The van der Waals surface area contributed by atoms with Gasteiger partial charge in [-0.1, -0.05) is 23.4 Å². The van der Waals surface area contributed by atoms with Crippen molar-refractivity contribution in [3.63, 3.8) is 0 Å². The van der Waals surface area contributed by atoms with Gasteiger partial charge in [0, 0.05) is 29.2 Å². The molecule has 130 valence electrons. The second-order valence-corrected chi connectivity index (χ2v) is 6.47. The van der Waals surface area contributed by atoms with Crippen LogP contribution in [0.4, 0.5) is 0 Å². The predicted molar refractivity (Wildman–Crippen MR) is 101 cm³/mol. The van der Waals surface area contributed by atoms with E-state index in [1.165, 1.54) is 0 Å². The molecule has 5 nitrogen and oxygen atoms in total. The van der Waals surface area contributed by atoms with Crippen LogP contribution in [-0.4, -0.2) is 19.9 Å². The van der Waals surface area contributed by atoms with Crippen molar-refractivity contribution in [2.24, 2.45) is 0 Å². The normalized spacial score (nSPS) is 11.0. The minimum absolute atomic E-state index is 0.657. The van der Waals surface area contributed by atoms with Gasteiger partial charge < -0.3 is 4.52 Å². The minimum atomic E-state index is 0.657. The third-order valence-electron chi connectivity index (χ3n) is 4.53. The molecule has 0 saturated heterocycles. The molecule has 3 aromatic heterocycles. The standard InChI is InChI=1S/C21H20N4O/c1-14-11-18(7-9-22-14)17-5-4-6-19(12-17)21-8-10-25(23-21)13-20-15(2)24-26-16(20)3/h4-12H,13H2,1-3H3. The fourth-order valence-electron chi connectivity index (χ4n) is 3.08. The summed E-state index contributed by atoms with van der Waals surface area (Å²) < 4.78 is 7.16. The second-order valence-electron chi connectivity index (χ2n) is 6.47. The third kappa shape index (κ3) is 3.16. The molecule has 0 fully saturated rings. The van der Waals surface area contributed by atoms with Crippen LogP contribution in [0.15, 0.2) is 59.4 Å². The molecule has 26 heavy (non-hydrogen) atoms. The van der Waals surface area contributed by atoms with Crippen LogP contribution in [0, 0.1) is 20.8 Å². The minimum Gasteiger partial charge on any atom is -0.361 e. The van der Waals surface area contributed by atoms with Crippen LogP contribution in [-0.2, 0) is 6.54 Å². The Labute approximate surface area is 152 Å². The summed E-state index contributed by atoms with van der Waals surface area (Å²) in [5.74, 6) is 0.842. The van der Waals surface area contributed by atoms with Gasteiger partial charge in [0.15, 0.2) is 0 Å². The van der Waals surface area contributed by atoms with E-state index in [9.17, 15) is 0 Å². The average molecular weight is 344 g/mol. The first-order valence-electron chi connectivity index (χ1n) is 8.59. The zero-order valence-corrected chi connectivity index (χ0v) is 15.1. The molecule has 0 saturated carbocycles.